The maximum Gasteiger partial charge on any atom is 0.115 e. The summed E-state index contributed by atoms with van der Waals surface area (Å²) in [7, 11) is 2.14. The topological polar surface area (TPSA) is 52.5 Å². The van der Waals surface area contributed by atoms with Gasteiger partial charge in [-0.2, -0.15) is 0 Å². The van der Waals surface area contributed by atoms with Crippen LogP contribution in [-0.2, 0) is 6.54 Å². The first-order valence-electron chi connectivity index (χ1n) is 11.6. The van der Waals surface area contributed by atoms with Crippen LogP contribution in [0.3, 0.4) is 0 Å². The molecule has 32 heavy (non-hydrogen) atoms. The predicted molar refractivity (Wildman–Crippen MR) is 129 cm³/mol. The lowest BCUT2D eigenvalue weighted by Crippen LogP contribution is -2.56. The van der Waals surface area contributed by atoms with Crippen LogP contribution in [0.1, 0.15) is 35.4 Å². The average Bonchev–Trinajstić information content (AvgIpc) is 2.79. The van der Waals surface area contributed by atoms with Gasteiger partial charge in [-0.1, -0.05) is 54.1 Å². The summed E-state index contributed by atoms with van der Waals surface area (Å²) in [6.07, 6.45) is 7.62. The van der Waals surface area contributed by atoms with E-state index in [1.165, 1.54) is 22.3 Å². The van der Waals surface area contributed by atoms with Gasteiger partial charge >= 0.3 is 0 Å². The minimum atomic E-state index is 0.220. The number of hydrogen-bond acceptors (Lipinski definition) is 5. The fourth-order valence-corrected chi connectivity index (χ4v) is 4.70. The highest BCUT2D eigenvalue weighted by atomic mass is 16.3. The van der Waals surface area contributed by atoms with Gasteiger partial charge in [0.2, 0.25) is 0 Å². The number of aliphatic hydroxyl groups excluding tert-OH is 1. The van der Waals surface area contributed by atoms with E-state index in [9.17, 15) is 5.11 Å². The van der Waals surface area contributed by atoms with Crippen LogP contribution in [0.5, 0.6) is 0 Å². The molecule has 2 heterocycles. The molecule has 1 saturated heterocycles. The molecule has 1 unspecified atom stereocenters. The number of benzene rings is 2. The highest BCUT2D eigenvalue weighted by molar-refractivity contribution is 5.64. The second kappa shape index (κ2) is 10.8. The van der Waals surface area contributed by atoms with Gasteiger partial charge in [0, 0.05) is 43.0 Å². The first-order valence-corrected chi connectivity index (χ1v) is 11.6. The second-order valence-corrected chi connectivity index (χ2v) is 9.03. The Bertz CT molecular complexity index is 976. The lowest BCUT2D eigenvalue weighted by atomic mass is 9.82. The van der Waals surface area contributed by atoms with Crippen molar-refractivity contribution in [2.75, 3.05) is 33.3 Å². The van der Waals surface area contributed by atoms with Crippen molar-refractivity contribution in [2.24, 2.45) is 0 Å². The van der Waals surface area contributed by atoms with Crippen LogP contribution >= 0.6 is 0 Å². The van der Waals surface area contributed by atoms with Gasteiger partial charge in [-0.05, 0) is 56.6 Å². The van der Waals surface area contributed by atoms with Gasteiger partial charge in [0.1, 0.15) is 6.33 Å². The molecule has 0 spiro atoms. The van der Waals surface area contributed by atoms with Crippen molar-refractivity contribution >= 4 is 0 Å². The van der Waals surface area contributed by atoms with E-state index >= 15 is 0 Å². The molecular formula is C27H34N4O. The SMILES string of the molecule is Cc1cccc(-c2ccc(C3CN(CCCCN(C)Cc4cncnc4)[C@@H]3CO)cc2)c1. The van der Waals surface area contributed by atoms with Gasteiger partial charge in [-0.3, -0.25) is 4.90 Å². The average molecular weight is 431 g/mol. The predicted octanol–water partition coefficient (Wildman–Crippen LogP) is 4.12. The summed E-state index contributed by atoms with van der Waals surface area (Å²) in [4.78, 5) is 12.9. The summed E-state index contributed by atoms with van der Waals surface area (Å²) in [6, 6.07) is 17.8. The number of hydrogen-bond donors (Lipinski definition) is 1. The number of rotatable bonds is 10. The smallest absolute Gasteiger partial charge is 0.115 e. The van der Waals surface area contributed by atoms with Crippen molar-refractivity contribution < 1.29 is 5.11 Å². The molecule has 5 nitrogen and oxygen atoms in total. The van der Waals surface area contributed by atoms with Crippen LogP contribution in [0.4, 0.5) is 0 Å². The number of aliphatic hydroxyl groups is 1. The van der Waals surface area contributed by atoms with Gasteiger partial charge in [-0.15, -0.1) is 0 Å². The highest BCUT2D eigenvalue weighted by Crippen LogP contribution is 2.35. The Kier molecular flexibility index (Phi) is 7.63. The molecular weight excluding hydrogens is 396 g/mol. The number of nitrogens with zero attached hydrogens (tertiary/aromatic N) is 4. The fourth-order valence-electron chi connectivity index (χ4n) is 4.70. The maximum atomic E-state index is 10.00. The number of unbranched alkanes of at least 4 members (excludes halogenated alkanes) is 1. The first-order chi connectivity index (χ1) is 15.6. The van der Waals surface area contributed by atoms with E-state index in [1.807, 2.05) is 12.4 Å². The Morgan fingerprint density at radius 2 is 1.81 bits per heavy atom. The maximum absolute atomic E-state index is 10.00. The van der Waals surface area contributed by atoms with E-state index in [-0.39, 0.29) is 12.6 Å². The van der Waals surface area contributed by atoms with Crippen LogP contribution in [0.2, 0.25) is 0 Å². The summed E-state index contributed by atoms with van der Waals surface area (Å²) in [6.45, 7) is 6.36. The third kappa shape index (κ3) is 5.60. The Balaban J connectivity index is 1.23. The van der Waals surface area contributed by atoms with Crippen molar-refractivity contribution in [1.82, 2.24) is 19.8 Å². The molecule has 4 rings (SSSR count). The zero-order valence-corrected chi connectivity index (χ0v) is 19.2. The van der Waals surface area contributed by atoms with Gasteiger partial charge in [0.15, 0.2) is 0 Å². The van der Waals surface area contributed by atoms with Crippen LogP contribution in [-0.4, -0.2) is 64.2 Å². The summed E-state index contributed by atoms with van der Waals surface area (Å²) in [5, 5.41) is 10.00. The molecule has 0 radical (unpaired) electrons. The van der Waals surface area contributed by atoms with Crippen LogP contribution in [0.25, 0.3) is 11.1 Å². The molecule has 0 amide bonds. The molecule has 0 aliphatic carbocycles. The molecule has 0 bridgehead atoms. The minimum Gasteiger partial charge on any atom is -0.395 e. The van der Waals surface area contributed by atoms with Crippen molar-refractivity contribution in [2.45, 2.75) is 38.3 Å². The van der Waals surface area contributed by atoms with Crippen molar-refractivity contribution in [3.05, 3.63) is 83.9 Å². The lowest BCUT2D eigenvalue weighted by Gasteiger charge is -2.48. The Labute approximate surface area is 191 Å². The van der Waals surface area contributed by atoms with Crippen LogP contribution < -0.4 is 0 Å². The molecule has 1 aliphatic rings. The molecule has 5 heteroatoms. The zero-order chi connectivity index (χ0) is 22.3. The largest absolute Gasteiger partial charge is 0.395 e. The van der Waals surface area contributed by atoms with Crippen LogP contribution in [0.15, 0.2) is 67.3 Å². The van der Waals surface area contributed by atoms with Gasteiger partial charge in [-0.25, -0.2) is 9.97 Å². The molecule has 1 aliphatic heterocycles. The molecule has 2 atom stereocenters. The van der Waals surface area contributed by atoms with Crippen molar-refractivity contribution in [3.8, 4) is 11.1 Å². The highest BCUT2D eigenvalue weighted by Gasteiger charge is 2.38. The summed E-state index contributed by atoms with van der Waals surface area (Å²) in [5.41, 5.74) is 6.27. The third-order valence-electron chi connectivity index (χ3n) is 6.54. The number of aromatic nitrogens is 2. The Morgan fingerprint density at radius 3 is 2.53 bits per heavy atom. The fraction of sp³-hybridized carbons (Fsp3) is 0.407. The molecule has 0 saturated carbocycles. The number of aryl methyl sites for hydroxylation is 1. The van der Waals surface area contributed by atoms with Gasteiger partial charge in [0.25, 0.3) is 0 Å². The van der Waals surface area contributed by atoms with E-state index in [2.05, 4.69) is 82.3 Å². The molecule has 2 aromatic carbocycles. The third-order valence-corrected chi connectivity index (χ3v) is 6.54. The molecule has 3 aromatic rings. The van der Waals surface area contributed by atoms with Crippen molar-refractivity contribution in [3.63, 3.8) is 0 Å². The molecule has 1 aromatic heterocycles. The standard InChI is InChI=1S/C27H34N4O/c1-21-6-5-7-25(14-21)23-8-10-24(11-9-23)26-18-31(27(26)19-32)13-4-3-12-30(2)17-22-15-28-20-29-16-22/h5-11,14-16,20,26-27,32H,3-4,12-13,17-19H2,1-2H3/t26?,27-/m1/s1. The minimum absolute atomic E-state index is 0.220. The summed E-state index contributed by atoms with van der Waals surface area (Å²) in [5.74, 6) is 0.423. The first kappa shape index (κ1) is 22.6. The van der Waals surface area contributed by atoms with E-state index in [4.69, 9.17) is 0 Å². The number of likely N-dealkylation sites (tertiary alicyclic amines) is 1. The van der Waals surface area contributed by atoms with Crippen molar-refractivity contribution in [1.29, 1.82) is 0 Å². The normalized spacial score (nSPS) is 18.6. The monoisotopic (exact) mass is 430 g/mol. The van der Waals surface area contributed by atoms with E-state index in [1.54, 1.807) is 6.33 Å². The van der Waals surface area contributed by atoms with Crippen LogP contribution in [0, 0.1) is 6.92 Å². The van der Waals surface area contributed by atoms with E-state index < -0.39 is 0 Å². The second-order valence-electron chi connectivity index (χ2n) is 9.03. The Hall–Kier alpha value is -2.60. The summed E-state index contributed by atoms with van der Waals surface area (Å²) >= 11 is 0. The van der Waals surface area contributed by atoms with E-state index in [0.717, 1.165) is 44.6 Å². The lowest BCUT2D eigenvalue weighted by molar-refractivity contribution is 0.0156. The van der Waals surface area contributed by atoms with Gasteiger partial charge in [0.05, 0.1) is 6.61 Å². The zero-order valence-electron chi connectivity index (χ0n) is 19.2. The Morgan fingerprint density at radius 1 is 1.03 bits per heavy atom. The van der Waals surface area contributed by atoms with Gasteiger partial charge < -0.3 is 10.0 Å². The molecule has 1 fully saturated rings. The summed E-state index contributed by atoms with van der Waals surface area (Å²) < 4.78 is 0. The van der Waals surface area contributed by atoms with E-state index in [0.29, 0.717) is 5.92 Å². The molecule has 168 valence electrons. The molecule has 1 N–H and O–H groups in total. The quantitative estimate of drug-likeness (QED) is 0.490.